The Morgan fingerprint density at radius 3 is 3.22 bits per heavy atom. The van der Waals surface area contributed by atoms with Crippen molar-refractivity contribution in [3.05, 3.63) is 5.82 Å². The van der Waals surface area contributed by atoms with Gasteiger partial charge >= 0.3 is 0 Å². The predicted octanol–water partition coefficient (Wildman–Crippen LogP) is 2.57. The van der Waals surface area contributed by atoms with E-state index < -0.39 is 0 Å². The third-order valence-electron chi connectivity index (χ3n) is 3.67. The second kappa shape index (κ2) is 5.35. The van der Waals surface area contributed by atoms with E-state index in [0.29, 0.717) is 6.04 Å². The molecule has 4 nitrogen and oxygen atoms in total. The minimum absolute atomic E-state index is 0.138. The Morgan fingerprint density at radius 1 is 1.56 bits per heavy atom. The van der Waals surface area contributed by atoms with Gasteiger partial charge in [-0.3, -0.25) is 0 Å². The second-order valence-corrected chi connectivity index (χ2v) is 6.89. The summed E-state index contributed by atoms with van der Waals surface area (Å²) in [5, 5.41) is 4.51. The third kappa shape index (κ3) is 2.65. The van der Waals surface area contributed by atoms with Crippen LogP contribution in [0, 0.1) is 0 Å². The molecule has 1 aromatic heterocycles. The van der Waals surface area contributed by atoms with Gasteiger partial charge in [0.15, 0.2) is 0 Å². The second-order valence-electron chi connectivity index (χ2n) is 5.04. The van der Waals surface area contributed by atoms with Crippen LogP contribution in [0.2, 0.25) is 0 Å². The van der Waals surface area contributed by atoms with Crippen LogP contribution in [-0.2, 0) is 11.2 Å². The molecular formula is C12H19N3OS2. The molecule has 2 atom stereocenters. The van der Waals surface area contributed by atoms with Crippen molar-refractivity contribution < 1.29 is 4.74 Å². The molecule has 1 aromatic rings. The van der Waals surface area contributed by atoms with Gasteiger partial charge in [-0.15, -0.1) is 0 Å². The minimum Gasteiger partial charge on any atom is -0.374 e. The lowest BCUT2D eigenvalue weighted by molar-refractivity contribution is -0.0628. The summed E-state index contributed by atoms with van der Waals surface area (Å²) >= 11 is 3.50. The Hall–Kier alpha value is -0.330. The molecule has 2 aliphatic rings. The highest BCUT2D eigenvalue weighted by Gasteiger charge is 2.40. The van der Waals surface area contributed by atoms with Gasteiger partial charge in [0.1, 0.15) is 5.82 Å². The van der Waals surface area contributed by atoms with Crippen molar-refractivity contribution in [3.8, 4) is 0 Å². The van der Waals surface area contributed by atoms with E-state index in [9.17, 15) is 0 Å². The fourth-order valence-electron chi connectivity index (χ4n) is 2.65. The van der Waals surface area contributed by atoms with Gasteiger partial charge in [-0.05, 0) is 25.0 Å². The topological polar surface area (TPSA) is 47.0 Å². The molecule has 0 saturated carbocycles. The lowest BCUT2D eigenvalue weighted by atomic mass is 9.90. The molecule has 18 heavy (non-hydrogen) atoms. The van der Waals surface area contributed by atoms with E-state index in [0.717, 1.165) is 42.6 Å². The molecule has 0 bridgehead atoms. The molecular weight excluding hydrogens is 266 g/mol. The Bertz CT molecular complexity index is 404. The highest BCUT2D eigenvalue weighted by Crippen LogP contribution is 2.39. The Kier molecular flexibility index (Phi) is 3.77. The molecule has 1 N–H and O–H groups in total. The summed E-state index contributed by atoms with van der Waals surface area (Å²) in [5.41, 5.74) is 0.138. The van der Waals surface area contributed by atoms with Gasteiger partial charge in [-0.2, -0.15) is 16.1 Å². The predicted molar refractivity (Wildman–Crippen MR) is 76.6 cm³/mol. The zero-order valence-electron chi connectivity index (χ0n) is 10.6. The van der Waals surface area contributed by atoms with Gasteiger partial charge in [0.2, 0.25) is 5.13 Å². The number of aryl methyl sites for hydroxylation is 1. The molecule has 0 amide bonds. The molecule has 3 heterocycles. The van der Waals surface area contributed by atoms with Crippen LogP contribution in [0.4, 0.5) is 5.13 Å². The maximum Gasteiger partial charge on any atom is 0.202 e. The van der Waals surface area contributed by atoms with E-state index in [1.54, 1.807) is 0 Å². The van der Waals surface area contributed by atoms with Crippen LogP contribution in [-0.4, -0.2) is 39.1 Å². The number of aromatic nitrogens is 2. The van der Waals surface area contributed by atoms with Crippen LogP contribution in [0.1, 0.15) is 32.0 Å². The molecule has 6 heteroatoms. The number of hydrogen-bond donors (Lipinski definition) is 1. The average molecular weight is 285 g/mol. The van der Waals surface area contributed by atoms with Crippen LogP contribution >= 0.6 is 23.3 Å². The van der Waals surface area contributed by atoms with E-state index in [4.69, 9.17) is 4.74 Å². The van der Waals surface area contributed by atoms with Gasteiger partial charge in [0, 0.05) is 36.4 Å². The van der Waals surface area contributed by atoms with Crippen molar-refractivity contribution in [1.29, 1.82) is 0 Å². The van der Waals surface area contributed by atoms with E-state index in [1.807, 2.05) is 11.8 Å². The molecule has 100 valence electrons. The minimum atomic E-state index is 0.138. The molecule has 1 spiro atoms. The molecule has 3 rings (SSSR count). The van der Waals surface area contributed by atoms with Crippen molar-refractivity contribution in [3.63, 3.8) is 0 Å². The van der Waals surface area contributed by atoms with Crippen LogP contribution in [0.5, 0.6) is 0 Å². The maximum atomic E-state index is 6.03. The number of hydrogen-bond acceptors (Lipinski definition) is 6. The number of rotatable bonds is 3. The van der Waals surface area contributed by atoms with Crippen LogP contribution in [0.25, 0.3) is 0 Å². The zero-order chi connectivity index (χ0) is 12.4. The average Bonchev–Trinajstić information content (AvgIpc) is 2.99. The molecule has 2 fully saturated rings. The highest BCUT2D eigenvalue weighted by atomic mass is 32.2. The van der Waals surface area contributed by atoms with Crippen molar-refractivity contribution in [2.45, 2.75) is 44.2 Å². The van der Waals surface area contributed by atoms with E-state index in [2.05, 4.69) is 21.6 Å². The summed E-state index contributed by atoms with van der Waals surface area (Å²) in [7, 11) is 0. The van der Waals surface area contributed by atoms with Gasteiger partial charge in [-0.25, -0.2) is 4.98 Å². The Labute approximate surface area is 116 Å². The third-order valence-corrected chi connectivity index (χ3v) is 5.58. The van der Waals surface area contributed by atoms with Crippen LogP contribution in [0.15, 0.2) is 0 Å². The molecule has 0 aromatic carbocycles. The van der Waals surface area contributed by atoms with Gasteiger partial charge in [-0.1, -0.05) is 6.92 Å². The van der Waals surface area contributed by atoms with E-state index in [-0.39, 0.29) is 5.60 Å². The summed E-state index contributed by atoms with van der Waals surface area (Å²) in [6, 6.07) is 0.495. The van der Waals surface area contributed by atoms with Gasteiger partial charge < -0.3 is 10.1 Å². The maximum absolute atomic E-state index is 6.03. The molecule has 2 saturated heterocycles. The summed E-state index contributed by atoms with van der Waals surface area (Å²) < 4.78 is 10.3. The fraction of sp³-hybridized carbons (Fsp3) is 0.833. The lowest BCUT2D eigenvalue weighted by Crippen LogP contribution is -2.44. The zero-order valence-corrected chi connectivity index (χ0v) is 12.3. The first-order valence-electron chi connectivity index (χ1n) is 6.60. The van der Waals surface area contributed by atoms with Crippen molar-refractivity contribution >= 4 is 28.4 Å². The standard InChI is InChI=1S/C12H19N3OS2/c1-2-10-14-11(18-15-10)13-9-3-5-16-12(7-9)4-6-17-8-12/h9H,2-8H2,1H3,(H,13,14,15)/t9-,12+/m1/s1. The van der Waals surface area contributed by atoms with E-state index >= 15 is 0 Å². The van der Waals surface area contributed by atoms with Gasteiger partial charge in [0.25, 0.3) is 0 Å². The first kappa shape index (κ1) is 12.7. The molecule has 0 radical (unpaired) electrons. The van der Waals surface area contributed by atoms with Crippen LogP contribution < -0.4 is 5.32 Å². The first-order valence-corrected chi connectivity index (χ1v) is 8.53. The normalized spacial score (nSPS) is 31.9. The smallest absolute Gasteiger partial charge is 0.202 e. The molecule has 0 aliphatic carbocycles. The number of nitrogens with one attached hydrogen (secondary N) is 1. The summed E-state index contributed by atoms with van der Waals surface area (Å²) in [6.45, 7) is 2.96. The summed E-state index contributed by atoms with van der Waals surface area (Å²) in [6.07, 6.45) is 4.30. The van der Waals surface area contributed by atoms with E-state index in [1.165, 1.54) is 23.7 Å². The van der Waals surface area contributed by atoms with Crippen molar-refractivity contribution in [1.82, 2.24) is 9.36 Å². The number of anilines is 1. The fourth-order valence-corrected chi connectivity index (χ4v) is 4.75. The Balaban J connectivity index is 1.62. The van der Waals surface area contributed by atoms with Crippen molar-refractivity contribution in [2.75, 3.05) is 23.4 Å². The molecule has 2 aliphatic heterocycles. The SMILES string of the molecule is CCc1nsc(N[C@@H]2CCO[C@@]3(CCSC3)C2)n1. The number of thioether (sulfide) groups is 1. The summed E-state index contributed by atoms with van der Waals surface area (Å²) in [4.78, 5) is 4.49. The Morgan fingerprint density at radius 2 is 2.50 bits per heavy atom. The first-order chi connectivity index (χ1) is 8.80. The summed E-state index contributed by atoms with van der Waals surface area (Å²) in [5.74, 6) is 3.34. The monoisotopic (exact) mass is 285 g/mol. The lowest BCUT2D eigenvalue weighted by Gasteiger charge is -2.37. The number of ether oxygens (including phenoxy) is 1. The molecule has 0 unspecified atom stereocenters. The quantitative estimate of drug-likeness (QED) is 0.925. The van der Waals surface area contributed by atoms with Crippen molar-refractivity contribution in [2.24, 2.45) is 0 Å². The largest absolute Gasteiger partial charge is 0.374 e. The number of nitrogens with zero attached hydrogens (tertiary/aromatic N) is 2. The van der Waals surface area contributed by atoms with Gasteiger partial charge in [0.05, 0.1) is 5.60 Å². The van der Waals surface area contributed by atoms with Crippen LogP contribution in [0.3, 0.4) is 0 Å². The highest BCUT2D eigenvalue weighted by molar-refractivity contribution is 7.99.